The van der Waals surface area contributed by atoms with Gasteiger partial charge in [0.1, 0.15) is 0 Å². The van der Waals surface area contributed by atoms with Gasteiger partial charge in [-0.15, -0.1) is 17.0 Å². The fraction of sp³-hybridized carbons (Fsp3) is 0.250. The first-order valence-corrected chi connectivity index (χ1v) is 7.74. The molecular formula is C16H17Br2NO4. The maximum atomic E-state index is 9.84. The highest BCUT2D eigenvalue weighted by molar-refractivity contribution is 9.10. The smallest absolute Gasteiger partial charge is 0.172 e. The maximum Gasteiger partial charge on any atom is 0.172 e. The number of benzene rings is 2. The molecule has 0 saturated carbocycles. The molecule has 0 bridgehead atoms. The SMILES string of the molecule is Br.Oc1ccc(CC2NCCc3c2cc(O)c(O)c3Br)cc1O. The lowest BCUT2D eigenvalue weighted by molar-refractivity contribution is 0.395. The van der Waals surface area contributed by atoms with Gasteiger partial charge in [-0.1, -0.05) is 6.07 Å². The Bertz CT molecular complexity index is 737. The summed E-state index contributed by atoms with van der Waals surface area (Å²) < 4.78 is 0.530. The summed E-state index contributed by atoms with van der Waals surface area (Å²) in [4.78, 5) is 0. The van der Waals surface area contributed by atoms with Crippen LogP contribution in [0.1, 0.15) is 22.7 Å². The summed E-state index contributed by atoms with van der Waals surface area (Å²) in [5.74, 6) is -0.594. The van der Waals surface area contributed by atoms with E-state index in [-0.39, 0.29) is 46.0 Å². The number of hydrogen-bond donors (Lipinski definition) is 5. The number of phenolic OH excluding ortho intramolecular Hbond substituents is 4. The Morgan fingerprint density at radius 1 is 1.04 bits per heavy atom. The van der Waals surface area contributed by atoms with Crippen molar-refractivity contribution in [2.75, 3.05) is 6.54 Å². The summed E-state index contributed by atoms with van der Waals surface area (Å²) >= 11 is 3.34. The Kier molecular flexibility index (Phi) is 5.44. The van der Waals surface area contributed by atoms with Crippen molar-refractivity contribution in [2.45, 2.75) is 18.9 Å². The normalized spacial score (nSPS) is 16.5. The van der Waals surface area contributed by atoms with Crippen LogP contribution >= 0.6 is 32.9 Å². The lowest BCUT2D eigenvalue weighted by atomic mass is 9.90. The van der Waals surface area contributed by atoms with Gasteiger partial charge in [-0.05, 0) is 70.2 Å². The van der Waals surface area contributed by atoms with Crippen molar-refractivity contribution in [2.24, 2.45) is 0 Å². The predicted octanol–water partition coefficient (Wildman–Crippen LogP) is 3.28. The first-order chi connectivity index (χ1) is 10.5. The molecule has 1 aliphatic rings. The average molecular weight is 447 g/mol. The molecule has 7 heteroatoms. The first-order valence-electron chi connectivity index (χ1n) is 6.95. The van der Waals surface area contributed by atoms with E-state index in [9.17, 15) is 20.4 Å². The number of rotatable bonds is 2. The lowest BCUT2D eigenvalue weighted by Crippen LogP contribution is -2.31. The molecule has 2 aromatic rings. The first kappa shape index (κ1) is 17.9. The number of nitrogens with one attached hydrogen (secondary N) is 1. The quantitative estimate of drug-likeness (QED) is 0.456. The Morgan fingerprint density at radius 2 is 1.78 bits per heavy atom. The topological polar surface area (TPSA) is 93.0 Å². The van der Waals surface area contributed by atoms with E-state index in [2.05, 4.69) is 21.2 Å². The zero-order valence-corrected chi connectivity index (χ0v) is 15.4. The standard InChI is InChI=1S/C16H16BrNO4.BrH/c17-15-9-3-4-18-11(10(9)7-14(21)16(15)22)5-8-1-2-12(19)13(20)6-8;/h1-2,6-7,11,18-22H,3-5H2;1H. The van der Waals surface area contributed by atoms with Crippen molar-refractivity contribution in [3.63, 3.8) is 0 Å². The second-order valence-corrected chi connectivity index (χ2v) is 6.20. The maximum absolute atomic E-state index is 9.84. The predicted molar refractivity (Wildman–Crippen MR) is 95.7 cm³/mol. The Morgan fingerprint density at radius 3 is 2.48 bits per heavy atom. The van der Waals surface area contributed by atoms with Crippen LogP contribution in [0.15, 0.2) is 28.7 Å². The number of fused-ring (bicyclic) bond motifs is 1. The van der Waals surface area contributed by atoms with Crippen molar-refractivity contribution < 1.29 is 20.4 Å². The highest BCUT2D eigenvalue weighted by Gasteiger charge is 2.25. The van der Waals surface area contributed by atoms with Crippen LogP contribution in [-0.2, 0) is 12.8 Å². The molecular weight excluding hydrogens is 430 g/mol. The largest absolute Gasteiger partial charge is 0.504 e. The van der Waals surface area contributed by atoms with Crippen molar-refractivity contribution >= 4 is 32.9 Å². The molecule has 0 radical (unpaired) electrons. The monoisotopic (exact) mass is 445 g/mol. The van der Waals surface area contributed by atoms with Gasteiger partial charge in [-0.2, -0.15) is 0 Å². The minimum atomic E-state index is -0.159. The summed E-state index contributed by atoms with van der Waals surface area (Å²) in [6.07, 6.45) is 1.35. The molecule has 23 heavy (non-hydrogen) atoms. The van der Waals surface area contributed by atoms with E-state index >= 15 is 0 Å². The number of halogens is 2. The van der Waals surface area contributed by atoms with Crippen LogP contribution in [0.25, 0.3) is 0 Å². The molecule has 1 atom stereocenters. The van der Waals surface area contributed by atoms with Crippen molar-refractivity contribution in [1.82, 2.24) is 5.32 Å². The summed E-state index contributed by atoms with van der Waals surface area (Å²) in [6, 6.07) is 6.27. The van der Waals surface area contributed by atoms with Crippen LogP contribution in [-0.4, -0.2) is 27.0 Å². The molecule has 0 amide bonds. The highest BCUT2D eigenvalue weighted by atomic mass is 79.9. The molecule has 0 aliphatic carbocycles. The van der Waals surface area contributed by atoms with Gasteiger partial charge < -0.3 is 25.7 Å². The minimum absolute atomic E-state index is 0. The van der Waals surface area contributed by atoms with Gasteiger partial charge in [0.2, 0.25) is 0 Å². The Hall–Kier alpha value is -1.44. The molecule has 3 rings (SSSR count). The van der Waals surface area contributed by atoms with Crippen molar-refractivity contribution in [3.05, 3.63) is 45.4 Å². The van der Waals surface area contributed by atoms with E-state index < -0.39 is 0 Å². The van der Waals surface area contributed by atoms with E-state index in [0.29, 0.717) is 10.9 Å². The second kappa shape index (κ2) is 6.98. The molecule has 0 saturated heterocycles. The minimum Gasteiger partial charge on any atom is -0.504 e. The number of hydrogen-bond acceptors (Lipinski definition) is 5. The van der Waals surface area contributed by atoms with Gasteiger partial charge in [0, 0.05) is 6.04 Å². The van der Waals surface area contributed by atoms with Crippen molar-refractivity contribution in [1.29, 1.82) is 0 Å². The van der Waals surface area contributed by atoms with Gasteiger partial charge in [0.15, 0.2) is 23.0 Å². The summed E-state index contributed by atoms with van der Waals surface area (Å²) in [7, 11) is 0. The van der Waals surface area contributed by atoms with Crippen LogP contribution in [0, 0.1) is 0 Å². The van der Waals surface area contributed by atoms with Crippen LogP contribution in [0.5, 0.6) is 23.0 Å². The van der Waals surface area contributed by atoms with Crippen LogP contribution < -0.4 is 5.32 Å². The van der Waals surface area contributed by atoms with Gasteiger partial charge in [0.05, 0.1) is 4.47 Å². The molecule has 0 fully saturated rings. The summed E-state index contributed by atoms with van der Waals surface area (Å²) in [6.45, 7) is 0.755. The zero-order chi connectivity index (χ0) is 15.9. The number of aromatic hydroxyl groups is 4. The Balaban J connectivity index is 0.00000192. The Labute approximate surface area is 152 Å². The van der Waals surface area contributed by atoms with E-state index in [1.165, 1.54) is 12.1 Å². The molecule has 5 nitrogen and oxygen atoms in total. The molecule has 124 valence electrons. The zero-order valence-electron chi connectivity index (χ0n) is 12.1. The third-order valence-electron chi connectivity index (χ3n) is 3.98. The average Bonchev–Trinajstić information content (AvgIpc) is 2.50. The van der Waals surface area contributed by atoms with Crippen LogP contribution in [0.2, 0.25) is 0 Å². The van der Waals surface area contributed by atoms with E-state index in [1.54, 1.807) is 12.1 Å². The van der Waals surface area contributed by atoms with E-state index in [1.807, 2.05) is 0 Å². The molecule has 2 aromatic carbocycles. The fourth-order valence-corrected chi connectivity index (χ4v) is 3.48. The fourth-order valence-electron chi connectivity index (χ4n) is 2.85. The number of phenols is 4. The van der Waals surface area contributed by atoms with Crippen LogP contribution in [0.3, 0.4) is 0 Å². The highest BCUT2D eigenvalue weighted by Crippen LogP contribution is 2.42. The summed E-state index contributed by atoms with van der Waals surface area (Å²) in [5.41, 5.74) is 2.76. The van der Waals surface area contributed by atoms with Gasteiger partial charge >= 0.3 is 0 Å². The van der Waals surface area contributed by atoms with E-state index in [4.69, 9.17) is 0 Å². The third kappa shape index (κ3) is 3.41. The van der Waals surface area contributed by atoms with Gasteiger partial charge in [-0.3, -0.25) is 0 Å². The van der Waals surface area contributed by atoms with Gasteiger partial charge in [-0.25, -0.2) is 0 Å². The van der Waals surface area contributed by atoms with Gasteiger partial charge in [0.25, 0.3) is 0 Å². The second-order valence-electron chi connectivity index (χ2n) is 5.41. The molecule has 1 aliphatic heterocycles. The summed E-state index contributed by atoms with van der Waals surface area (Å²) in [5, 5.41) is 42.0. The molecule has 0 aromatic heterocycles. The molecule has 1 unspecified atom stereocenters. The molecule has 1 heterocycles. The molecule has 5 N–H and O–H groups in total. The lowest BCUT2D eigenvalue weighted by Gasteiger charge is -2.28. The van der Waals surface area contributed by atoms with Crippen molar-refractivity contribution in [3.8, 4) is 23.0 Å². The van der Waals surface area contributed by atoms with E-state index in [0.717, 1.165) is 29.7 Å². The third-order valence-corrected chi connectivity index (χ3v) is 4.83. The van der Waals surface area contributed by atoms with Crippen LogP contribution in [0.4, 0.5) is 0 Å². The molecule has 0 spiro atoms.